The fourth-order valence-corrected chi connectivity index (χ4v) is 4.37. The number of carbonyl (C=O) groups is 1. The van der Waals surface area contributed by atoms with Gasteiger partial charge in [-0.25, -0.2) is 4.98 Å². The van der Waals surface area contributed by atoms with Crippen LogP contribution in [-0.2, 0) is 6.42 Å². The topological polar surface area (TPSA) is 30.0 Å². The highest BCUT2D eigenvalue weighted by molar-refractivity contribution is 6.30. The molecule has 26 heavy (non-hydrogen) atoms. The summed E-state index contributed by atoms with van der Waals surface area (Å²) in [5.74, 6) is 1.54. The number of rotatable bonds is 5. The summed E-state index contributed by atoms with van der Waals surface area (Å²) in [6.07, 6.45) is 7.37. The van der Waals surface area contributed by atoms with Gasteiger partial charge in [-0.15, -0.1) is 0 Å². The monoisotopic (exact) mass is 367 g/mol. The molecule has 2 saturated carbocycles. The Morgan fingerprint density at radius 3 is 2.23 bits per heavy atom. The fraction of sp³-hybridized carbons (Fsp3) is 0.478. The lowest BCUT2D eigenvalue weighted by Crippen LogP contribution is -2.23. The van der Waals surface area contributed by atoms with Crippen molar-refractivity contribution in [1.29, 1.82) is 0 Å². The van der Waals surface area contributed by atoms with Crippen LogP contribution >= 0.6 is 11.6 Å². The molecule has 2 aromatic rings. The van der Waals surface area contributed by atoms with Crippen LogP contribution in [-0.4, -0.2) is 10.8 Å². The van der Waals surface area contributed by atoms with Crippen molar-refractivity contribution in [2.24, 2.45) is 5.92 Å². The van der Waals surface area contributed by atoms with Gasteiger partial charge < -0.3 is 0 Å². The lowest BCUT2D eigenvalue weighted by Gasteiger charge is -2.28. The highest BCUT2D eigenvalue weighted by atomic mass is 35.5. The second-order valence-electron chi connectivity index (χ2n) is 7.83. The van der Waals surface area contributed by atoms with Gasteiger partial charge in [-0.2, -0.15) is 0 Å². The quantitative estimate of drug-likeness (QED) is 0.578. The molecule has 0 unspecified atom stereocenters. The molecule has 1 aromatic carbocycles. The summed E-state index contributed by atoms with van der Waals surface area (Å²) >= 11 is 6.00. The van der Waals surface area contributed by atoms with Crippen molar-refractivity contribution in [1.82, 2.24) is 4.98 Å². The van der Waals surface area contributed by atoms with Gasteiger partial charge in [-0.1, -0.05) is 36.7 Å². The van der Waals surface area contributed by atoms with Crippen LogP contribution in [0.2, 0.25) is 5.02 Å². The van der Waals surface area contributed by atoms with E-state index in [1.165, 1.54) is 24.0 Å². The maximum atomic E-state index is 13.2. The summed E-state index contributed by atoms with van der Waals surface area (Å²) in [6.45, 7) is 2.10. The van der Waals surface area contributed by atoms with Crippen molar-refractivity contribution in [3.63, 3.8) is 0 Å². The van der Waals surface area contributed by atoms with Gasteiger partial charge in [0.1, 0.15) is 5.69 Å². The highest BCUT2D eigenvalue weighted by Crippen LogP contribution is 2.43. The first kappa shape index (κ1) is 17.7. The van der Waals surface area contributed by atoms with Crippen LogP contribution in [0.25, 0.3) is 0 Å². The molecule has 0 atom stereocenters. The molecule has 0 saturated heterocycles. The van der Waals surface area contributed by atoms with Crippen molar-refractivity contribution in [3.05, 3.63) is 63.9 Å². The number of benzene rings is 1. The van der Waals surface area contributed by atoms with E-state index >= 15 is 0 Å². The molecule has 0 amide bonds. The molecule has 2 aliphatic carbocycles. The molecule has 1 heterocycles. The van der Waals surface area contributed by atoms with E-state index in [1.54, 1.807) is 0 Å². The summed E-state index contributed by atoms with van der Waals surface area (Å²) in [5, 5.41) is 0.784. The number of ketones is 1. The van der Waals surface area contributed by atoms with Crippen LogP contribution in [0.4, 0.5) is 0 Å². The minimum absolute atomic E-state index is 0.135. The van der Waals surface area contributed by atoms with Crippen molar-refractivity contribution >= 4 is 17.4 Å². The summed E-state index contributed by atoms with van der Waals surface area (Å²) < 4.78 is 0. The smallest absolute Gasteiger partial charge is 0.184 e. The third-order valence-electron chi connectivity index (χ3n) is 6.04. The molecule has 0 radical (unpaired) electrons. The summed E-state index contributed by atoms with van der Waals surface area (Å²) in [6, 6.07) is 12.5. The second kappa shape index (κ2) is 7.52. The zero-order valence-corrected chi connectivity index (χ0v) is 16.1. The van der Waals surface area contributed by atoms with Crippen molar-refractivity contribution in [2.75, 3.05) is 0 Å². The maximum Gasteiger partial charge on any atom is 0.184 e. The lowest BCUT2D eigenvalue weighted by molar-refractivity contribution is 0.0877. The normalized spacial score (nSPS) is 23.0. The van der Waals surface area contributed by atoms with Crippen LogP contribution < -0.4 is 0 Å². The molecule has 4 rings (SSSR count). The van der Waals surface area contributed by atoms with Gasteiger partial charge >= 0.3 is 0 Å². The van der Waals surface area contributed by atoms with Gasteiger partial charge in [0.05, 0.1) is 0 Å². The van der Waals surface area contributed by atoms with Crippen molar-refractivity contribution in [2.45, 2.75) is 63.7 Å². The molecule has 0 spiro atoms. The van der Waals surface area contributed by atoms with E-state index in [9.17, 15) is 4.79 Å². The number of Topliss-reactive ketones (excluding diaryl/α,β-unsaturated/α-hetero) is 1. The van der Waals surface area contributed by atoms with Crippen LogP contribution in [0.3, 0.4) is 0 Å². The Morgan fingerprint density at radius 1 is 0.962 bits per heavy atom. The van der Waals surface area contributed by atoms with Gasteiger partial charge in [0, 0.05) is 16.6 Å². The minimum atomic E-state index is 0.135. The first-order chi connectivity index (χ1) is 12.7. The second-order valence-corrected chi connectivity index (χ2v) is 8.27. The lowest BCUT2D eigenvalue weighted by atomic mass is 9.76. The molecular weight excluding hydrogens is 342 g/mol. The average molecular weight is 368 g/mol. The molecule has 2 aliphatic rings. The Bertz CT molecular complexity index is 786. The van der Waals surface area contributed by atoms with E-state index in [4.69, 9.17) is 16.6 Å². The molecule has 0 aliphatic heterocycles. The largest absolute Gasteiger partial charge is 0.292 e. The van der Waals surface area contributed by atoms with Gasteiger partial charge in [0.2, 0.25) is 0 Å². The third-order valence-corrected chi connectivity index (χ3v) is 6.29. The highest BCUT2D eigenvalue weighted by Gasteiger charge is 2.33. The van der Waals surface area contributed by atoms with Crippen molar-refractivity contribution in [3.8, 4) is 0 Å². The minimum Gasteiger partial charge on any atom is -0.292 e. The number of aryl methyl sites for hydroxylation is 1. The van der Waals surface area contributed by atoms with Crippen molar-refractivity contribution < 1.29 is 4.79 Å². The molecule has 136 valence electrons. The van der Waals surface area contributed by atoms with Crippen LogP contribution in [0, 0.1) is 5.92 Å². The average Bonchev–Trinajstić information content (AvgIpc) is 3.53. The van der Waals surface area contributed by atoms with E-state index in [0.29, 0.717) is 11.8 Å². The third kappa shape index (κ3) is 3.71. The number of carbonyl (C=O) groups excluding carboxylic acids is 1. The van der Waals surface area contributed by atoms with E-state index in [2.05, 4.69) is 31.2 Å². The zero-order chi connectivity index (χ0) is 18.1. The number of hydrogen-bond donors (Lipinski definition) is 0. The summed E-state index contributed by atoms with van der Waals surface area (Å²) in [4.78, 5) is 18.0. The van der Waals surface area contributed by atoms with Crippen LogP contribution in [0.15, 0.2) is 36.4 Å². The van der Waals surface area contributed by atoms with Gasteiger partial charge in [-0.3, -0.25) is 4.79 Å². The standard InChI is InChI=1S/C23H26ClNO/c1-2-20-13-14-21(17-5-6-17)22(25-20)23(26)18-7-3-15(4-8-18)16-9-11-19(24)12-10-16/h9-15,17-18H,2-8H2,1H3. The van der Waals surface area contributed by atoms with E-state index < -0.39 is 0 Å². The van der Waals surface area contributed by atoms with E-state index in [1.807, 2.05) is 12.1 Å². The first-order valence-corrected chi connectivity index (χ1v) is 10.3. The molecule has 0 bridgehead atoms. The molecule has 2 fully saturated rings. The SMILES string of the molecule is CCc1ccc(C2CC2)c(C(=O)C2CCC(c3ccc(Cl)cc3)CC2)n1. The Labute approximate surface area is 161 Å². The van der Waals surface area contributed by atoms with Gasteiger partial charge in [0.15, 0.2) is 5.78 Å². The zero-order valence-electron chi connectivity index (χ0n) is 15.4. The molecule has 1 aromatic heterocycles. The number of aromatic nitrogens is 1. The Morgan fingerprint density at radius 2 is 1.62 bits per heavy atom. The maximum absolute atomic E-state index is 13.2. The number of nitrogens with zero attached hydrogens (tertiary/aromatic N) is 1. The predicted molar refractivity (Wildman–Crippen MR) is 106 cm³/mol. The number of pyridine rings is 1. The fourth-order valence-electron chi connectivity index (χ4n) is 4.25. The Balaban J connectivity index is 1.47. The van der Waals surface area contributed by atoms with E-state index in [-0.39, 0.29) is 11.7 Å². The Hall–Kier alpha value is -1.67. The van der Waals surface area contributed by atoms with Crippen LogP contribution in [0.1, 0.15) is 84.6 Å². The molecule has 2 nitrogen and oxygen atoms in total. The summed E-state index contributed by atoms with van der Waals surface area (Å²) in [7, 11) is 0. The molecule has 3 heteroatoms. The first-order valence-electron chi connectivity index (χ1n) is 9.95. The Kier molecular flexibility index (Phi) is 5.13. The molecule has 0 N–H and O–H groups in total. The van der Waals surface area contributed by atoms with E-state index in [0.717, 1.165) is 48.5 Å². The summed E-state index contributed by atoms with van der Waals surface area (Å²) in [5.41, 5.74) is 4.37. The van der Waals surface area contributed by atoms with Gasteiger partial charge in [0.25, 0.3) is 0 Å². The van der Waals surface area contributed by atoms with Gasteiger partial charge in [-0.05, 0) is 86.1 Å². The van der Waals surface area contributed by atoms with Crippen LogP contribution in [0.5, 0.6) is 0 Å². The predicted octanol–water partition coefficient (Wildman–Crippen LogP) is 6.33. The number of halogens is 1. The molecular formula is C23H26ClNO. The number of hydrogen-bond acceptors (Lipinski definition) is 2.